The Bertz CT molecular complexity index is 883. The van der Waals surface area contributed by atoms with Crippen LogP contribution in [0.25, 0.3) is 0 Å². The molecule has 1 aliphatic rings. The molecule has 2 rings (SSSR count). The number of carbonyl (C=O) groups is 1. The quantitative estimate of drug-likeness (QED) is 0.0809. The van der Waals surface area contributed by atoms with Crippen LogP contribution in [0.3, 0.4) is 0 Å². The Morgan fingerprint density at radius 3 is 2.45 bits per heavy atom. The van der Waals surface area contributed by atoms with Gasteiger partial charge in [-0.1, -0.05) is 35.1 Å². The van der Waals surface area contributed by atoms with E-state index >= 15 is 0 Å². The Hall–Kier alpha value is -1.39. The van der Waals surface area contributed by atoms with Crippen LogP contribution in [0, 0.1) is 0 Å². The first-order valence-electron chi connectivity index (χ1n) is 9.92. The molecule has 0 radical (unpaired) electrons. The number of ether oxygens (including phenoxy) is 2. The summed E-state index contributed by atoms with van der Waals surface area (Å²) in [4.78, 5) is 12.2. The van der Waals surface area contributed by atoms with Crippen molar-refractivity contribution in [2.75, 3.05) is 18.6 Å². The standard InChI is InChI=1S/C19H27NO10S3/c1-31-10-6-5-9-14(20-30-33(25,26)27)32-19-17(23)16(22)15(21)13(29-19)11-28-18(24)12-7-3-2-4-8-12/h2-4,7-8,13,15-17,19,21-23H,5-6,9-11H2,1H3,(H,25,26,27). The van der Waals surface area contributed by atoms with Crippen molar-refractivity contribution in [2.24, 2.45) is 5.16 Å². The zero-order valence-corrected chi connectivity index (χ0v) is 20.2. The molecule has 1 fully saturated rings. The van der Waals surface area contributed by atoms with E-state index in [1.54, 1.807) is 42.1 Å². The number of benzene rings is 1. The van der Waals surface area contributed by atoms with Gasteiger partial charge in [0.15, 0.2) is 0 Å². The summed E-state index contributed by atoms with van der Waals surface area (Å²) >= 11 is 2.40. The van der Waals surface area contributed by atoms with Crippen molar-refractivity contribution in [3.05, 3.63) is 35.9 Å². The van der Waals surface area contributed by atoms with Gasteiger partial charge in [0.1, 0.15) is 41.5 Å². The Morgan fingerprint density at radius 2 is 1.82 bits per heavy atom. The minimum absolute atomic E-state index is 0.0846. The van der Waals surface area contributed by atoms with E-state index in [2.05, 4.69) is 9.44 Å². The molecule has 33 heavy (non-hydrogen) atoms. The number of nitrogens with zero attached hydrogens (tertiary/aromatic N) is 1. The van der Waals surface area contributed by atoms with Gasteiger partial charge in [-0.05, 0) is 43.4 Å². The number of esters is 1. The molecule has 0 aliphatic carbocycles. The van der Waals surface area contributed by atoms with Gasteiger partial charge >= 0.3 is 16.4 Å². The summed E-state index contributed by atoms with van der Waals surface area (Å²) in [7, 11) is -4.84. The largest absolute Gasteiger partial charge is 0.466 e. The molecule has 1 aliphatic heterocycles. The number of hydrogen-bond donors (Lipinski definition) is 4. The highest BCUT2D eigenvalue weighted by molar-refractivity contribution is 8.14. The predicted molar refractivity (Wildman–Crippen MR) is 123 cm³/mol. The van der Waals surface area contributed by atoms with Crippen molar-refractivity contribution in [1.29, 1.82) is 0 Å². The molecular formula is C19H27NO10S3. The summed E-state index contributed by atoms with van der Waals surface area (Å²) in [6, 6.07) is 8.14. The third-order valence-corrected chi connectivity index (χ3v) is 6.66. The van der Waals surface area contributed by atoms with Crippen LogP contribution in [-0.2, 0) is 24.2 Å². The molecule has 0 spiro atoms. The molecule has 4 N–H and O–H groups in total. The van der Waals surface area contributed by atoms with Crippen molar-refractivity contribution in [3.8, 4) is 0 Å². The Labute approximate surface area is 200 Å². The Morgan fingerprint density at radius 1 is 1.12 bits per heavy atom. The van der Waals surface area contributed by atoms with Gasteiger partial charge in [-0.15, -0.1) is 0 Å². The van der Waals surface area contributed by atoms with Gasteiger partial charge in [0.2, 0.25) is 0 Å². The second-order valence-corrected chi connectivity index (χ2v) is 10.2. The van der Waals surface area contributed by atoms with E-state index in [4.69, 9.17) is 14.0 Å². The third kappa shape index (κ3) is 9.41. The second-order valence-electron chi connectivity index (χ2n) is 7.03. The molecule has 14 heteroatoms. The van der Waals surface area contributed by atoms with Crippen molar-refractivity contribution in [2.45, 2.75) is 49.1 Å². The molecule has 1 saturated heterocycles. The fourth-order valence-corrected chi connectivity index (χ4v) is 4.67. The lowest BCUT2D eigenvalue weighted by atomic mass is 10.0. The molecule has 5 unspecified atom stereocenters. The van der Waals surface area contributed by atoms with E-state index in [9.17, 15) is 28.5 Å². The molecule has 1 aromatic carbocycles. The number of aliphatic hydroxyl groups is 3. The van der Waals surface area contributed by atoms with Crippen molar-refractivity contribution in [1.82, 2.24) is 0 Å². The van der Waals surface area contributed by atoms with Crippen LogP contribution in [0.5, 0.6) is 0 Å². The van der Waals surface area contributed by atoms with Crippen LogP contribution in [0.1, 0.15) is 29.6 Å². The first-order chi connectivity index (χ1) is 15.6. The smallest absolute Gasteiger partial charge is 0.459 e. The lowest BCUT2D eigenvalue weighted by molar-refractivity contribution is -0.205. The molecule has 1 aromatic rings. The second kappa shape index (κ2) is 13.5. The maximum Gasteiger partial charge on any atom is 0.466 e. The van der Waals surface area contributed by atoms with Gasteiger partial charge in [-0.2, -0.15) is 20.2 Å². The average Bonchev–Trinajstić information content (AvgIpc) is 2.79. The summed E-state index contributed by atoms with van der Waals surface area (Å²) in [6.45, 7) is -0.405. The molecule has 5 atom stereocenters. The maximum absolute atomic E-state index is 12.2. The zero-order chi connectivity index (χ0) is 24.4. The summed E-state index contributed by atoms with van der Waals surface area (Å²) in [5.74, 6) is 0.202. The van der Waals surface area contributed by atoms with Crippen LogP contribution < -0.4 is 0 Å². The third-order valence-electron chi connectivity index (χ3n) is 4.53. The van der Waals surface area contributed by atoms with Crippen LogP contribution in [0.15, 0.2) is 35.5 Å². The fraction of sp³-hybridized carbons (Fsp3) is 0.579. The normalized spacial score (nSPS) is 26.1. The van der Waals surface area contributed by atoms with E-state index in [1.807, 2.05) is 6.26 Å². The minimum atomic E-state index is -4.84. The van der Waals surface area contributed by atoms with Crippen LogP contribution in [0.4, 0.5) is 0 Å². The molecular weight excluding hydrogens is 498 g/mol. The Kier molecular flexibility index (Phi) is 11.4. The average molecular weight is 526 g/mol. The summed E-state index contributed by atoms with van der Waals surface area (Å²) in [5, 5.41) is 34.3. The number of unbranched alkanes of at least 4 members (excludes halogenated alkanes) is 1. The molecule has 0 bridgehead atoms. The number of aliphatic hydroxyl groups excluding tert-OH is 3. The van der Waals surface area contributed by atoms with Gasteiger partial charge in [0.25, 0.3) is 0 Å². The summed E-state index contributed by atoms with van der Waals surface area (Å²) in [6.07, 6.45) is -2.32. The highest BCUT2D eigenvalue weighted by Gasteiger charge is 2.45. The van der Waals surface area contributed by atoms with E-state index in [1.165, 1.54) is 0 Å². The maximum atomic E-state index is 12.2. The highest BCUT2D eigenvalue weighted by Crippen LogP contribution is 2.31. The van der Waals surface area contributed by atoms with Crippen molar-refractivity contribution < 1.29 is 46.8 Å². The molecule has 186 valence electrons. The molecule has 0 amide bonds. The van der Waals surface area contributed by atoms with Gasteiger partial charge in [-0.3, -0.25) is 4.55 Å². The first-order valence-corrected chi connectivity index (χ1v) is 13.6. The van der Waals surface area contributed by atoms with Crippen molar-refractivity contribution >= 4 is 44.9 Å². The van der Waals surface area contributed by atoms with Gasteiger partial charge in [-0.25, -0.2) is 9.08 Å². The van der Waals surface area contributed by atoms with E-state index in [0.29, 0.717) is 6.42 Å². The number of oxime groups is 1. The first kappa shape index (κ1) is 27.9. The molecule has 1 heterocycles. The number of rotatable bonds is 11. The fourth-order valence-electron chi connectivity index (χ4n) is 2.84. The van der Waals surface area contributed by atoms with Crippen LogP contribution in [-0.4, -0.2) is 87.8 Å². The van der Waals surface area contributed by atoms with E-state index < -0.39 is 52.8 Å². The van der Waals surface area contributed by atoms with Crippen LogP contribution in [0.2, 0.25) is 0 Å². The Balaban J connectivity index is 2.06. The lowest BCUT2D eigenvalue weighted by Crippen LogP contribution is -2.58. The number of hydrogen-bond acceptors (Lipinski definition) is 12. The topological polar surface area (TPSA) is 172 Å². The SMILES string of the molecule is CSCCCCC(=NOS(=O)(=O)O)SC1OC(COC(=O)c2ccccc2)C(O)C(O)C1O. The van der Waals surface area contributed by atoms with Crippen molar-refractivity contribution in [3.63, 3.8) is 0 Å². The van der Waals surface area contributed by atoms with Gasteiger partial charge in [0, 0.05) is 0 Å². The van der Waals surface area contributed by atoms with Crippen LogP contribution >= 0.6 is 23.5 Å². The highest BCUT2D eigenvalue weighted by atomic mass is 32.3. The summed E-state index contributed by atoms with van der Waals surface area (Å²) in [5.41, 5.74) is -0.899. The molecule has 0 aromatic heterocycles. The molecule has 0 saturated carbocycles. The lowest BCUT2D eigenvalue weighted by Gasteiger charge is -2.39. The minimum Gasteiger partial charge on any atom is -0.459 e. The number of carbonyl (C=O) groups excluding carboxylic acids is 1. The van der Waals surface area contributed by atoms with E-state index in [0.717, 1.165) is 23.9 Å². The monoisotopic (exact) mass is 525 g/mol. The zero-order valence-electron chi connectivity index (χ0n) is 17.7. The molecule has 11 nitrogen and oxygen atoms in total. The predicted octanol–water partition coefficient (Wildman–Crippen LogP) is 1.05. The number of thioether (sulfide) groups is 2. The van der Waals surface area contributed by atoms with Gasteiger partial charge < -0.3 is 24.8 Å². The van der Waals surface area contributed by atoms with E-state index in [-0.39, 0.29) is 17.0 Å². The van der Waals surface area contributed by atoms with Gasteiger partial charge in [0.05, 0.1) is 5.56 Å². The summed E-state index contributed by atoms with van der Waals surface area (Å²) < 4.78 is 45.5.